The number of benzene rings is 1. The summed E-state index contributed by atoms with van der Waals surface area (Å²) in [5, 5.41) is 18.8. The number of nitrogens with one attached hydrogen (secondary N) is 3. The Balaban J connectivity index is 1.63. The van der Waals surface area contributed by atoms with Crippen LogP contribution in [0.2, 0.25) is 0 Å². The lowest BCUT2D eigenvalue weighted by atomic mass is 10.2. The molecule has 1 aliphatic carbocycles. The monoisotopic (exact) mass is 334 g/mol. The zero-order chi connectivity index (χ0) is 17.4. The Morgan fingerprint density at radius 1 is 1.21 bits per heavy atom. The zero-order valence-corrected chi connectivity index (χ0v) is 13.4. The molecule has 0 saturated heterocycles. The first-order chi connectivity index (χ1) is 11.5. The fourth-order valence-corrected chi connectivity index (χ4v) is 2.68. The average Bonchev–Trinajstić information content (AvgIpc) is 3.06. The largest absolute Gasteiger partial charge is 0.353 e. The van der Waals surface area contributed by atoms with E-state index in [1.54, 1.807) is 12.1 Å². The number of nitro benzene ring substituents is 1. The van der Waals surface area contributed by atoms with Crippen molar-refractivity contribution in [2.75, 3.05) is 6.54 Å². The SMILES string of the molecule is O=C(CCNC(=O)NCc1cccc([N+](=O)[O-])c1)NC1CCCC1. The molecule has 1 aromatic rings. The van der Waals surface area contributed by atoms with Gasteiger partial charge < -0.3 is 16.0 Å². The van der Waals surface area contributed by atoms with E-state index in [1.165, 1.54) is 12.1 Å². The summed E-state index contributed by atoms with van der Waals surface area (Å²) in [6.07, 6.45) is 4.61. The number of hydrogen-bond donors (Lipinski definition) is 3. The number of carbonyl (C=O) groups excluding carboxylic acids is 2. The lowest BCUT2D eigenvalue weighted by molar-refractivity contribution is -0.384. The Morgan fingerprint density at radius 3 is 2.67 bits per heavy atom. The van der Waals surface area contributed by atoms with E-state index in [4.69, 9.17) is 0 Å². The van der Waals surface area contributed by atoms with Crippen molar-refractivity contribution in [1.29, 1.82) is 0 Å². The van der Waals surface area contributed by atoms with Crippen molar-refractivity contribution in [3.63, 3.8) is 0 Å². The van der Waals surface area contributed by atoms with Crippen LogP contribution in [0.4, 0.5) is 10.5 Å². The standard InChI is InChI=1S/C16H22N4O4/c21-15(19-13-5-1-2-6-13)8-9-17-16(22)18-11-12-4-3-7-14(10-12)20(23)24/h3-4,7,10,13H,1-2,5-6,8-9,11H2,(H,19,21)(H2,17,18,22). The number of nitrogens with zero attached hydrogens (tertiary/aromatic N) is 1. The second-order valence-corrected chi connectivity index (χ2v) is 5.84. The van der Waals surface area contributed by atoms with E-state index in [0.717, 1.165) is 25.7 Å². The summed E-state index contributed by atoms with van der Waals surface area (Å²) in [5.74, 6) is -0.0547. The molecular weight excluding hydrogens is 312 g/mol. The van der Waals surface area contributed by atoms with Gasteiger partial charge in [0.2, 0.25) is 5.91 Å². The Hall–Kier alpha value is -2.64. The summed E-state index contributed by atoms with van der Waals surface area (Å²) in [6, 6.07) is 5.94. The molecule has 8 heteroatoms. The molecule has 3 N–H and O–H groups in total. The van der Waals surface area contributed by atoms with Crippen molar-refractivity contribution in [3.05, 3.63) is 39.9 Å². The van der Waals surface area contributed by atoms with Crippen molar-refractivity contribution < 1.29 is 14.5 Å². The van der Waals surface area contributed by atoms with Crippen LogP contribution >= 0.6 is 0 Å². The van der Waals surface area contributed by atoms with Gasteiger partial charge in [0, 0.05) is 37.7 Å². The van der Waals surface area contributed by atoms with E-state index in [2.05, 4.69) is 16.0 Å². The molecule has 0 aliphatic heterocycles. The van der Waals surface area contributed by atoms with E-state index >= 15 is 0 Å². The normalized spacial score (nSPS) is 14.2. The highest BCUT2D eigenvalue weighted by molar-refractivity contribution is 5.78. The third kappa shape index (κ3) is 5.86. The van der Waals surface area contributed by atoms with Crippen molar-refractivity contribution in [2.45, 2.75) is 44.7 Å². The molecule has 24 heavy (non-hydrogen) atoms. The highest BCUT2D eigenvalue weighted by atomic mass is 16.6. The summed E-state index contributed by atoms with van der Waals surface area (Å²) >= 11 is 0. The molecule has 0 atom stereocenters. The van der Waals surface area contributed by atoms with Crippen LogP contribution in [0.5, 0.6) is 0 Å². The maximum atomic E-state index is 11.7. The number of nitro groups is 1. The van der Waals surface area contributed by atoms with Crippen molar-refractivity contribution >= 4 is 17.6 Å². The molecule has 0 aromatic heterocycles. The molecule has 0 radical (unpaired) electrons. The van der Waals surface area contributed by atoms with Crippen LogP contribution in [0, 0.1) is 10.1 Å². The van der Waals surface area contributed by atoms with Crippen LogP contribution in [0.15, 0.2) is 24.3 Å². The van der Waals surface area contributed by atoms with Gasteiger partial charge in [-0.1, -0.05) is 25.0 Å². The van der Waals surface area contributed by atoms with Gasteiger partial charge in [0.25, 0.3) is 5.69 Å². The Kier molecular flexibility index (Phi) is 6.53. The summed E-state index contributed by atoms with van der Waals surface area (Å²) in [4.78, 5) is 33.6. The Bertz CT molecular complexity index is 599. The van der Waals surface area contributed by atoms with Crippen molar-refractivity contribution in [1.82, 2.24) is 16.0 Å². The third-order valence-electron chi connectivity index (χ3n) is 3.93. The molecule has 0 bridgehead atoms. The second kappa shape index (κ2) is 8.85. The van der Waals surface area contributed by atoms with Crippen molar-refractivity contribution in [3.8, 4) is 0 Å². The van der Waals surface area contributed by atoms with Crippen LogP contribution in [-0.2, 0) is 11.3 Å². The summed E-state index contributed by atoms with van der Waals surface area (Å²) in [6.45, 7) is 0.432. The van der Waals surface area contributed by atoms with Crippen LogP contribution in [0.25, 0.3) is 0 Å². The molecule has 1 aliphatic rings. The molecule has 2 rings (SSSR count). The highest BCUT2D eigenvalue weighted by Gasteiger charge is 2.16. The van der Waals surface area contributed by atoms with Crippen LogP contribution in [0.1, 0.15) is 37.7 Å². The molecule has 0 unspecified atom stereocenters. The Morgan fingerprint density at radius 2 is 1.96 bits per heavy atom. The molecule has 8 nitrogen and oxygen atoms in total. The number of amides is 3. The second-order valence-electron chi connectivity index (χ2n) is 5.84. The number of non-ortho nitro benzene ring substituents is 1. The number of carbonyl (C=O) groups is 2. The van der Waals surface area contributed by atoms with Crippen LogP contribution in [-0.4, -0.2) is 29.4 Å². The van der Waals surface area contributed by atoms with Gasteiger partial charge in [-0.25, -0.2) is 4.79 Å². The maximum absolute atomic E-state index is 11.7. The van der Waals surface area contributed by atoms with Crippen LogP contribution < -0.4 is 16.0 Å². The van der Waals surface area contributed by atoms with Gasteiger partial charge in [-0.05, 0) is 18.4 Å². The quantitative estimate of drug-likeness (QED) is 0.521. The lowest BCUT2D eigenvalue weighted by Gasteiger charge is -2.12. The summed E-state index contributed by atoms with van der Waals surface area (Å²) in [7, 11) is 0. The molecule has 130 valence electrons. The van der Waals surface area contributed by atoms with E-state index < -0.39 is 11.0 Å². The number of rotatable bonds is 7. The predicted octanol–water partition coefficient (Wildman–Crippen LogP) is 1.84. The van der Waals surface area contributed by atoms with Gasteiger partial charge in [-0.2, -0.15) is 0 Å². The number of hydrogen-bond acceptors (Lipinski definition) is 4. The van der Waals surface area contributed by atoms with Gasteiger partial charge in [-0.15, -0.1) is 0 Å². The molecule has 1 saturated carbocycles. The van der Waals surface area contributed by atoms with E-state index in [9.17, 15) is 19.7 Å². The smallest absolute Gasteiger partial charge is 0.315 e. The molecule has 3 amide bonds. The first-order valence-electron chi connectivity index (χ1n) is 8.09. The predicted molar refractivity (Wildman–Crippen MR) is 88.4 cm³/mol. The molecular formula is C16H22N4O4. The van der Waals surface area contributed by atoms with E-state index in [0.29, 0.717) is 5.56 Å². The van der Waals surface area contributed by atoms with E-state index in [1.807, 2.05) is 0 Å². The number of urea groups is 1. The lowest BCUT2D eigenvalue weighted by Crippen LogP contribution is -2.39. The fraction of sp³-hybridized carbons (Fsp3) is 0.500. The highest BCUT2D eigenvalue weighted by Crippen LogP contribution is 2.17. The maximum Gasteiger partial charge on any atom is 0.315 e. The molecule has 0 heterocycles. The van der Waals surface area contributed by atoms with E-state index in [-0.39, 0.29) is 37.1 Å². The minimum absolute atomic E-state index is 0.0155. The average molecular weight is 334 g/mol. The van der Waals surface area contributed by atoms with Gasteiger partial charge in [0.15, 0.2) is 0 Å². The van der Waals surface area contributed by atoms with Gasteiger partial charge in [0.1, 0.15) is 0 Å². The van der Waals surface area contributed by atoms with Gasteiger partial charge in [0.05, 0.1) is 4.92 Å². The summed E-state index contributed by atoms with van der Waals surface area (Å²) in [5.41, 5.74) is 0.622. The fourth-order valence-electron chi connectivity index (χ4n) is 2.68. The van der Waals surface area contributed by atoms with Gasteiger partial charge >= 0.3 is 6.03 Å². The minimum Gasteiger partial charge on any atom is -0.353 e. The van der Waals surface area contributed by atoms with Gasteiger partial charge in [-0.3, -0.25) is 14.9 Å². The minimum atomic E-state index is -0.480. The summed E-state index contributed by atoms with van der Waals surface area (Å²) < 4.78 is 0. The topological polar surface area (TPSA) is 113 Å². The van der Waals surface area contributed by atoms with Crippen LogP contribution in [0.3, 0.4) is 0 Å². The third-order valence-corrected chi connectivity index (χ3v) is 3.93. The zero-order valence-electron chi connectivity index (χ0n) is 13.4. The van der Waals surface area contributed by atoms with Crippen molar-refractivity contribution in [2.24, 2.45) is 0 Å². The first-order valence-corrected chi connectivity index (χ1v) is 8.09. The molecule has 0 spiro atoms. The molecule has 1 aromatic carbocycles. The molecule has 1 fully saturated rings. The Labute approximate surface area is 140 Å². The first kappa shape index (κ1) is 17.7.